The molecule has 4 nitrogen and oxygen atoms in total. The quantitative estimate of drug-likeness (QED) is 0.821. The standard InChI is InChI=1S/C14H15ClN2O2/c15-6-14(19)17-7-13-11(5-9(17)8-18)10-3-1-2-4-12(10)16-13/h1-4,9,16,18H,5-8H2. The van der Waals surface area contributed by atoms with E-state index < -0.39 is 0 Å². The number of para-hydroxylation sites is 1. The molecule has 1 unspecified atom stereocenters. The number of carbonyl (C=O) groups excluding carboxylic acids is 1. The SMILES string of the molecule is O=C(CCl)N1Cc2[nH]c3ccccc3c2CC1CO. The monoisotopic (exact) mass is 278 g/mol. The second kappa shape index (κ2) is 4.87. The lowest BCUT2D eigenvalue weighted by molar-refractivity contribution is -0.133. The zero-order valence-corrected chi connectivity index (χ0v) is 11.2. The zero-order chi connectivity index (χ0) is 13.4. The fraction of sp³-hybridized carbons (Fsp3) is 0.357. The molecular weight excluding hydrogens is 264 g/mol. The minimum atomic E-state index is -0.182. The molecule has 0 aliphatic carbocycles. The largest absolute Gasteiger partial charge is 0.394 e. The van der Waals surface area contributed by atoms with Gasteiger partial charge in [-0.1, -0.05) is 18.2 Å². The highest BCUT2D eigenvalue weighted by molar-refractivity contribution is 6.27. The van der Waals surface area contributed by atoms with Crippen LogP contribution in [-0.4, -0.2) is 39.4 Å². The van der Waals surface area contributed by atoms with Crippen molar-refractivity contribution >= 4 is 28.4 Å². The smallest absolute Gasteiger partial charge is 0.238 e. The maximum Gasteiger partial charge on any atom is 0.238 e. The number of rotatable bonds is 2. The maximum atomic E-state index is 11.8. The van der Waals surface area contributed by atoms with Crippen molar-refractivity contribution in [1.82, 2.24) is 9.88 Å². The van der Waals surface area contributed by atoms with Gasteiger partial charge in [-0.3, -0.25) is 4.79 Å². The number of alkyl halides is 1. The van der Waals surface area contributed by atoms with Gasteiger partial charge in [-0.15, -0.1) is 11.6 Å². The Morgan fingerprint density at radius 1 is 1.47 bits per heavy atom. The molecule has 0 radical (unpaired) electrons. The van der Waals surface area contributed by atoms with Gasteiger partial charge < -0.3 is 15.0 Å². The molecular formula is C14H15ClN2O2. The van der Waals surface area contributed by atoms with E-state index in [-0.39, 0.29) is 24.4 Å². The van der Waals surface area contributed by atoms with Crippen LogP contribution in [0, 0.1) is 0 Å². The van der Waals surface area contributed by atoms with E-state index in [1.165, 1.54) is 10.9 Å². The molecule has 1 aliphatic heterocycles. The summed E-state index contributed by atoms with van der Waals surface area (Å²) in [4.78, 5) is 16.8. The third-order valence-electron chi connectivity index (χ3n) is 3.76. The number of aromatic amines is 1. The summed E-state index contributed by atoms with van der Waals surface area (Å²) in [6.07, 6.45) is 0.665. The summed E-state index contributed by atoms with van der Waals surface area (Å²) in [6, 6.07) is 7.89. The molecule has 1 aliphatic rings. The van der Waals surface area contributed by atoms with Crippen molar-refractivity contribution in [3.63, 3.8) is 0 Å². The van der Waals surface area contributed by atoms with E-state index in [9.17, 15) is 9.90 Å². The zero-order valence-electron chi connectivity index (χ0n) is 10.4. The molecule has 0 saturated heterocycles. The number of aromatic nitrogens is 1. The number of fused-ring (bicyclic) bond motifs is 3. The van der Waals surface area contributed by atoms with E-state index in [1.54, 1.807) is 4.90 Å². The average molecular weight is 279 g/mol. The van der Waals surface area contributed by atoms with E-state index in [2.05, 4.69) is 11.1 Å². The fourth-order valence-electron chi connectivity index (χ4n) is 2.80. The van der Waals surface area contributed by atoms with Crippen LogP contribution in [0.25, 0.3) is 10.9 Å². The van der Waals surface area contributed by atoms with Crippen LogP contribution >= 0.6 is 11.6 Å². The molecule has 2 N–H and O–H groups in total. The molecule has 1 amide bonds. The number of H-pyrrole nitrogens is 1. The Bertz CT molecular complexity index is 623. The maximum absolute atomic E-state index is 11.8. The van der Waals surface area contributed by atoms with Crippen molar-refractivity contribution in [3.05, 3.63) is 35.5 Å². The third kappa shape index (κ3) is 2.01. The number of nitrogens with one attached hydrogen (secondary N) is 1. The van der Waals surface area contributed by atoms with Crippen LogP contribution in [-0.2, 0) is 17.8 Å². The van der Waals surface area contributed by atoms with Gasteiger partial charge >= 0.3 is 0 Å². The minimum absolute atomic E-state index is 0.0401. The van der Waals surface area contributed by atoms with E-state index in [0.29, 0.717) is 13.0 Å². The van der Waals surface area contributed by atoms with Gasteiger partial charge in [-0.25, -0.2) is 0 Å². The summed E-state index contributed by atoms with van der Waals surface area (Å²) in [6.45, 7) is 0.447. The Morgan fingerprint density at radius 2 is 2.26 bits per heavy atom. The van der Waals surface area contributed by atoms with Crippen LogP contribution in [0.2, 0.25) is 0 Å². The summed E-state index contributed by atoms with van der Waals surface area (Å²) in [5.41, 5.74) is 3.32. The van der Waals surface area contributed by atoms with Crippen molar-refractivity contribution in [2.45, 2.75) is 19.0 Å². The van der Waals surface area contributed by atoms with Crippen LogP contribution in [0.15, 0.2) is 24.3 Å². The number of nitrogens with zero attached hydrogens (tertiary/aromatic N) is 1. The van der Waals surface area contributed by atoms with Gasteiger partial charge in [0, 0.05) is 16.6 Å². The Labute approximate surface area is 116 Å². The summed E-state index contributed by atoms with van der Waals surface area (Å²) in [7, 11) is 0. The number of hydrogen-bond acceptors (Lipinski definition) is 2. The number of aliphatic hydroxyl groups is 1. The second-order valence-corrected chi connectivity index (χ2v) is 5.09. The van der Waals surface area contributed by atoms with Crippen molar-refractivity contribution in [2.24, 2.45) is 0 Å². The van der Waals surface area contributed by atoms with Gasteiger partial charge in [0.15, 0.2) is 0 Å². The number of aliphatic hydroxyl groups excluding tert-OH is 1. The van der Waals surface area contributed by atoms with Gasteiger partial charge in [0.2, 0.25) is 5.91 Å². The van der Waals surface area contributed by atoms with Gasteiger partial charge in [-0.2, -0.15) is 0 Å². The molecule has 1 aromatic heterocycles. The molecule has 0 bridgehead atoms. The molecule has 19 heavy (non-hydrogen) atoms. The first-order valence-corrected chi connectivity index (χ1v) is 6.82. The van der Waals surface area contributed by atoms with Crippen molar-refractivity contribution in [3.8, 4) is 0 Å². The second-order valence-electron chi connectivity index (χ2n) is 4.82. The summed E-state index contributed by atoms with van der Waals surface area (Å²) >= 11 is 5.63. The first kappa shape index (κ1) is 12.5. The van der Waals surface area contributed by atoms with Gasteiger partial charge in [0.1, 0.15) is 5.88 Å². The van der Waals surface area contributed by atoms with Crippen LogP contribution in [0.5, 0.6) is 0 Å². The van der Waals surface area contributed by atoms with Crippen LogP contribution in [0.4, 0.5) is 0 Å². The highest BCUT2D eigenvalue weighted by Crippen LogP contribution is 2.30. The molecule has 2 aromatic rings. The first-order valence-electron chi connectivity index (χ1n) is 6.29. The van der Waals surface area contributed by atoms with Gasteiger partial charge in [0.25, 0.3) is 0 Å². The van der Waals surface area contributed by atoms with E-state index >= 15 is 0 Å². The lowest BCUT2D eigenvalue weighted by atomic mass is 9.97. The van der Waals surface area contributed by atoms with Crippen molar-refractivity contribution in [1.29, 1.82) is 0 Å². The average Bonchev–Trinajstić information content (AvgIpc) is 2.82. The summed E-state index contributed by atoms with van der Waals surface area (Å²) in [5, 5.41) is 10.7. The number of benzene rings is 1. The van der Waals surface area contributed by atoms with Crippen LogP contribution in [0.1, 0.15) is 11.3 Å². The number of halogens is 1. The number of amides is 1. The Kier molecular flexibility index (Phi) is 3.21. The molecule has 0 spiro atoms. The third-order valence-corrected chi connectivity index (χ3v) is 3.99. The van der Waals surface area contributed by atoms with Crippen LogP contribution < -0.4 is 0 Å². The van der Waals surface area contributed by atoms with E-state index in [1.807, 2.05) is 18.2 Å². The fourth-order valence-corrected chi connectivity index (χ4v) is 2.95. The predicted octanol–water partition coefficient (Wildman–Crippen LogP) is 1.65. The topological polar surface area (TPSA) is 56.3 Å². The molecule has 1 aromatic carbocycles. The molecule has 5 heteroatoms. The van der Waals surface area contributed by atoms with Crippen molar-refractivity contribution in [2.75, 3.05) is 12.5 Å². The van der Waals surface area contributed by atoms with Gasteiger partial charge in [-0.05, 0) is 18.1 Å². The molecule has 2 heterocycles. The predicted molar refractivity (Wildman–Crippen MR) is 74.1 cm³/mol. The van der Waals surface area contributed by atoms with Gasteiger partial charge in [0.05, 0.1) is 19.2 Å². The Morgan fingerprint density at radius 3 is 3.00 bits per heavy atom. The minimum Gasteiger partial charge on any atom is -0.394 e. The van der Waals surface area contributed by atoms with Crippen molar-refractivity contribution < 1.29 is 9.90 Å². The molecule has 0 fully saturated rings. The Hall–Kier alpha value is -1.52. The lowest BCUT2D eigenvalue weighted by Gasteiger charge is -2.34. The lowest BCUT2D eigenvalue weighted by Crippen LogP contribution is -2.46. The number of carbonyl (C=O) groups is 1. The molecule has 1 atom stereocenters. The van der Waals surface area contributed by atoms with E-state index in [4.69, 9.17) is 11.6 Å². The van der Waals surface area contributed by atoms with E-state index in [0.717, 1.165) is 11.2 Å². The highest BCUT2D eigenvalue weighted by Gasteiger charge is 2.30. The summed E-state index contributed by atoms with van der Waals surface area (Å²) in [5.74, 6) is -0.184. The highest BCUT2D eigenvalue weighted by atomic mass is 35.5. The molecule has 0 saturated carbocycles. The summed E-state index contributed by atoms with van der Waals surface area (Å²) < 4.78 is 0. The van der Waals surface area contributed by atoms with Crippen LogP contribution in [0.3, 0.4) is 0 Å². The Balaban J connectivity index is 2.05. The number of hydrogen-bond donors (Lipinski definition) is 2. The first-order chi connectivity index (χ1) is 9.24. The molecule has 3 rings (SSSR count). The molecule has 100 valence electrons. The normalized spacial score (nSPS) is 18.6.